The minimum Gasteiger partial charge on any atom is -0.494 e. The zero-order valence-electron chi connectivity index (χ0n) is 22.7. The summed E-state index contributed by atoms with van der Waals surface area (Å²) in [5, 5.41) is 0. The van der Waals surface area contributed by atoms with E-state index in [2.05, 4.69) is 13.8 Å². The molecule has 0 aliphatic heterocycles. The molecular weight excluding hydrogens is 499 g/mol. The second-order valence-electron chi connectivity index (χ2n) is 9.21. The lowest BCUT2D eigenvalue weighted by Gasteiger charge is -2.10. The Hall–Kier alpha value is -3.87. The second kappa shape index (κ2) is 16.2. The van der Waals surface area contributed by atoms with Crippen molar-refractivity contribution in [2.24, 2.45) is 0 Å². The fourth-order valence-corrected chi connectivity index (χ4v) is 3.80. The molecule has 6 nitrogen and oxygen atoms in total. The first kappa shape index (κ1) is 29.7. The monoisotopic (exact) mass is 536 g/mol. The smallest absolute Gasteiger partial charge is 0.346 e. The Morgan fingerprint density at radius 3 is 1.77 bits per heavy atom. The van der Waals surface area contributed by atoms with Crippen LogP contribution < -0.4 is 18.9 Å². The van der Waals surface area contributed by atoms with Crippen LogP contribution in [0.4, 0.5) is 4.39 Å². The summed E-state index contributed by atoms with van der Waals surface area (Å²) in [6.07, 6.45) is 8.53. The van der Waals surface area contributed by atoms with E-state index in [9.17, 15) is 14.0 Å². The van der Waals surface area contributed by atoms with Crippen molar-refractivity contribution in [3.8, 4) is 23.0 Å². The highest BCUT2D eigenvalue weighted by Crippen LogP contribution is 2.24. The maximum atomic E-state index is 14.8. The van der Waals surface area contributed by atoms with Gasteiger partial charge in [-0.1, -0.05) is 58.4 Å². The molecule has 0 fully saturated rings. The van der Waals surface area contributed by atoms with Crippen LogP contribution in [0.2, 0.25) is 0 Å². The SMILES string of the molecule is CCCCCCOc1ccc(OC(=O)c2ccc(OC(=O)c3cccc(OCCCCCC)c3F)cc2)cc1. The molecule has 3 rings (SSSR count). The Morgan fingerprint density at radius 1 is 0.615 bits per heavy atom. The molecular formula is C32H37FO6. The zero-order valence-corrected chi connectivity index (χ0v) is 22.7. The topological polar surface area (TPSA) is 71.1 Å². The van der Waals surface area contributed by atoms with Crippen molar-refractivity contribution in [2.45, 2.75) is 65.2 Å². The van der Waals surface area contributed by atoms with Crippen LogP contribution >= 0.6 is 0 Å². The molecule has 7 heteroatoms. The molecule has 0 N–H and O–H groups in total. The summed E-state index contributed by atoms with van der Waals surface area (Å²) >= 11 is 0. The molecule has 0 unspecified atom stereocenters. The van der Waals surface area contributed by atoms with Gasteiger partial charge in [0.1, 0.15) is 17.2 Å². The molecule has 0 aromatic heterocycles. The number of benzene rings is 3. The Balaban J connectivity index is 1.50. The van der Waals surface area contributed by atoms with E-state index in [-0.39, 0.29) is 22.6 Å². The van der Waals surface area contributed by atoms with Gasteiger partial charge in [-0.3, -0.25) is 0 Å². The number of rotatable bonds is 16. The van der Waals surface area contributed by atoms with Gasteiger partial charge in [-0.05, 0) is 73.5 Å². The molecule has 0 radical (unpaired) electrons. The summed E-state index contributed by atoms with van der Waals surface area (Å²) in [5.74, 6) is -0.878. The minimum atomic E-state index is -0.855. The van der Waals surface area contributed by atoms with Crippen LogP contribution in [0.25, 0.3) is 0 Å². The summed E-state index contributed by atoms with van der Waals surface area (Å²) in [6, 6.07) is 17.1. The molecule has 0 heterocycles. The average Bonchev–Trinajstić information content (AvgIpc) is 2.95. The van der Waals surface area contributed by atoms with Crippen LogP contribution in [0.3, 0.4) is 0 Å². The second-order valence-corrected chi connectivity index (χ2v) is 9.21. The Labute approximate surface area is 230 Å². The lowest BCUT2D eigenvalue weighted by molar-refractivity contribution is 0.0726. The third kappa shape index (κ3) is 9.74. The van der Waals surface area contributed by atoms with Crippen LogP contribution in [0.15, 0.2) is 66.7 Å². The molecule has 0 aliphatic rings. The summed E-state index contributed by atoms with van der Waals surface area (Å²) in [4.78, 5) is 25.1. The standard InChI is InChI=1S/C32H37FO6/c1-3-5-7-9-22-36-25-18-20-27(21-19-25)38-31(34)24-14-16-26(17-15-24)39-32(35)28-12-11-13-29(30(28)33)37-23-10-8-6-4-2/h11-21H,3-10,22-23H2,1-2H3. The number of unbranched alkanes of at least 4 members (excludes halogenated alkanes) is 6. The molecule has 0 saturated carbocycles. The first-order valence-corrected chi connectivity index (χ1v) is 13.7. The van der Waals surface area contributed by atoms with Crippen LogP contribution in [-0.4, -0.2) is 25.2 Å². The van der Waals surface area contributed by atoms with E-state index in [0.29, 0.717) is 19.0 Å². The van der Waals surface area contributed by atoms with E-state index in [1.54, 1.807) is 30.3 Å². The van der Waals surface area contributed by atoms with Gasteiger partial charge in [0.05, 0.1) is 24.3 Å². The third-order valence-corrected chi connectivity index (χ3v) is 6.04. The summed E-state index contributed by atoms with van der Waals surface area (Å²) in [6.45, 7) is 5.31. The van der Waals surface area contributed by atoms with E-state index in [1.165, 1.54) is 49.2 Å². The first-order chi connectivity index (χ1) is 19.0. The minimum absolute atomic E-state index is 0.0191. The maximum absolute atomic E-state index is 14.8. The molecule has 208 valence electrons. The molecule has 0 spiro atoms. The molecule has 39 heavy (non-hydrogen) atoms. The molecule has 3 aromatic rings. The lowest BCUT2D eigenvalue weighted by atomic mass is 10.2. The summed E-state index contributed by atoms with van der Waals surface area (Å²) in [5.41, 5.74) is 0.0497. The van der Waals surface area contributed by atoms with E-state index in [1.807, 2.05) is 0 Å². The van der Waals surface area contributed by atoms with Gasteiger partial charge in [0.15, 0.2) is 11.6 Å². The fraction of sp³-hybridized carbons (Fsp3) is 0.375. The van der Waals surface area contributed by atoms with Gasteiger partial charge in [-0.15, -0.1) is 0 Å². The lowest BCUT2D eigenvalue weighted by Crippen LogP contribution is -2.12. The van der Waals surface area contributed by atoms with Gasteiger partial charge in [0.2, 0.25) is 0 Å². The highest BCUT2D eigenvalue weighted by molar-refractivity contribution is 5.93. The highest BCUT2D eigenvalue weighted by atomic mass is 19.1. The number of esters is 2. The molecule has 0 amide bonds. The van der Waals surface area contributed by atoms with Crippen LogP contribution in [0, 0.1) is 5.82 Å². The molecule has 3 aromatic carbocycles. The zero-order chi connectivity index (χ0) is 27.9. The van der Waals surface area contributed by atoms with E-state index in [0.717, 1.165) is 44.3 Å². The van der Waals surface area contributed by atoms with E-state index < -0.39 is 17.8 Å². The molecule has 0 aliphatic carbocycles. The van der Waals surface area contributed by atoms with Gasteiger partial charge in [-0.25, -0.2) is 14.0 Å². The van der Waals surface area contributed by atoms with Gasteiger partial charge >= 0.3 is 11.9 Å². The van der Waals surface area contributed by atoms with E-state index in [4.69, 9.17) is 18.9 Å². The van der Waals surface area contributed by atoms with Crippen LogP contribution in [-0.2, 0) is 0 Å². The maximum Gasteiger partial charge on any atom is 0.346 e. The number of carbonyl (C=O) groups excluding carboxylic acids is 2. The van der Waals surface area contributed by atoms with Gasteiger partial charge in [0.25, 0.3) is 0 Å². The van der Waals surface area contributed by atoms with Crippen molar-refractivity contribution in [1.29, 1.82) is 0 Å². The number of halogens is 1. The third-order valence-electron chi connectivity index (χ3n) is 6.04. The number of ether oxygens (including phenoxy) is 4. The average molecular weight is 537 g/mol. The molecule has 0 saturated heterocycles. The Bertz CT molecular complexity index is 1170. The van der Waals surface area contributed by atoms with Crippen molar-refractivity contribution in [2.75, 3.05) is 13.2 Å². The number of carbonyl (C=O) groups is 2. The van der Waals surface area contributed by atoms with Gasteiger partial charge < -0.3 is 18.9 Å². The molecule has 0 atom stereocenters. The van der Waals surface area contributed by atoms with Crippen LogP contribution in [0.1, 0.15) is 85.9 Å². The van der Waals surface area contributed by atoms with E-state index >= 15 is 0 Å². The largest absolute Gasteiger partial charge is 0.494 e. The Kier molecular flexibility index (Phi) is 12.3. The predicted octanol–water partition coefficient (Wildman–Crippen LogP) is 8.18. The summed E-state index contributed by atoms with van der Waals surface area (Å²) in [7, 11) is 0. The number of hydrogen-bond acceptors (Lipinski definition) is 6. The highest BCUT2D eigenvalue weighted by Gasteiger charge is 2.18. The van der Waals surface area contributed by atoms with Gasteiger partial charge in [-0.2, -0.15) is 0 Å². The Morgan fingerprint density at radius 2 is 1.15 bits per heavy atom. The van der Waals surface area contributed by atoms with Crippen molar-refractivity contribution < 1.29 is 32.9 Å². The predicted molar refractivity (Wildman–Crippen MR) is 148 cm³/mol. The van der Waals surface area contributed by atoms with Crippen molar-refractivity contribution in [3.05, 3.63) is 83.7 Å². The summed E-state index contributed by atoms with van der Waals surface area (Å²) < 4.78 is 36.8. The normalized spacial score (nSPS) is 10.6. The van der Waals surface area contributed by atoms with Gasteiger partial charge in [0, 0.05) is 0 Å². The van der Waals surface area contributed by atoms with Crippen molar-refractivity contribution >= 4 is 11.9 Å². The first-order valence-electron chi connectivity index (χ1n) is 13.7. The molecule has 0 bridgehead atoms. The van der Waals surface area contributed by atoms with Crippen molar-refractivity contribution in [1.82, 2.24) is 0 Å². The fourth-order valence-electron chi connectivity index (χ4n) is 3.80. The number of hydrogen-bond donors (Lipinski definition) is 0. The van der Waals surface area contributed by atoms with Crippen LogP contribution in [0.5, 0.6) is 23.0 Å². The van der Waals surface area contributed by atoms with Crippen molar-refractivity contribution in [3.63, 3.8) is 0 Å². The quantitative estimate of drug-likeness (QED) is 0.104.